The average molecular weight is 258 g/mol. The molecule has 0 aliphatic carbocycles. The Kier molecular flexibility index (Phi) is 9.56. The zero-order valence-electron chi connectivity index (χ0n) is 11.8. The van der Waals surface area contributed by atoms with Gasteiger partial charge in [0.15, 0.2) is 0 Å². The minimum atomic E-state index is -0.199. The van der Waals surface area contributed by atoms with Crippen molar-refractivity contribution in [1.82, 2.24) is 0 Å². The number of aliphatic hydroxyl groups excluding tert-OH is 1. The van der Waals surface area contributed by atoms with E-state index in [4.69, 9.17) is 9.84 Å². The third-order valence-corrected chi connectivity index (χ3v) is 3.13. The third-order valence-electron chi connectivity index (χ3n) is 3.13. The van der Waals surface area contributed by atoms with Crippen molar-refractivity contribution >= 4 is 11.8 Å². The minimum Gasteiger partial charge on any atom is -0.466 e. The standard InChI is InChI=1S/C14H26O4/c1-4-12(14(17)18-5-2)10-11(3)13(16)8-6-7-9-15/h11-12,15H,4-10H2,1-3H3. The van der Waals surface area contributed by atoms with Crippen molar-refractivity contribution in [2.75, 3.05) is 13.2 Å². The Balaban J connectivity index is 4.12. The number of aliphatic hydroxyl groups is 1. The molecule has 0 aromatic carbocycles. The molecule has 0 aliphatic rings. The van der Waals surface area contributed by atoms with Crippen molar-refractivity contribution in [2.24, 2.45) is 11.8 Å². The fraction of sp³-hybridized carbons (Fsp3) is 0.857. The van der Waals surface area contributed by atoms with Gasteiger partial charge in [-0.3, -0.25) is 9.59 Å². The van der Waals surface area contributed by atoms with Gasteiger partial charge in [-0.05, 0) is 32.6 Å². The summed E-state index contributed by atoms with van der Waals surface area (Å²) in [7, 11) is 0. The van der Waals surface area contributed by atoms with Gasteiger partial charge in [-0.2, -0.15) is 0 Å². The molecule has 106 valence electrons. The summed E-state index contributed by atoms with van der Waals surface area (Å²) in [6, 6.07) is 0. The molecule has 0 aromatic heterocycles. The number of ketones is 1. The summed E-state index contributed by atoms with van der Waals surface area (Å²) in [5.41, 5.74) is 0. The molecule has 0 rings (SSSR count). The van der Waals surface area contributed by atoms with Gasteiger partial charge in [0.1, 0.15) is 5.78 Å². The van der Waals surface area contributed by atoms with Crippen molar-refractivity contribution in [1.29, 1.82) is 0 Å². The second-order valence-corrected chi connectivity index (χ2v) is 4.64. The van der Waals surface area contributed by atoms with Gasteiger partial charge in [0, 0.05) is 18.9 Å². The van der Waals surface area contributed by atoms with E-state index in [2.05, 4.69) is 0 Å². The summed E-state index contributed by atoms with van der Waals surface area (Å²) in [6.45, 7) is 6.10. The zero-order valence-corrected chi connectivity index (χ0v) is 11.8. The van der Waals surface area contributed by atoms with E-state index in [-0.39, 0.29) is 30.2 Å². The van der Waals surface area contributed by atoms with Crippen molar-refractivity contribution in [3.63, 3.8) is 0 Å². The van der Waals surface area contributed by atoms with E-state index in [0.29, 0.717) is 32.3 Å². The summed E-state index contributed by atoms with van der Waals surface area (Å²) in [5, 5.41) is 8.66. The molecule has 0 aromatic rings. The SMILES string of the molecule is CCOC(=O)C(CC)CC(C)C(=O)CCCCO. The van der Waals surface area contributed by atoms with Crippen molar-refractivity contribution in [3.8, 4) is 0 Å². The van der Waals surface area contributed by atoms with Gasteiger partial charge in [-0.1, -0.05) is 13.8 Å². The maximum Gasteiger partial charge on any atom is 0.308 e. The molecular formula is C14H26O4. The van der Waals surface area contributed by atoms with Crippen LogP contribution in [0.3, 0.4) is 0 Å². The fourth-order valence-electron chi connectivity index (χ4n) is 1.91. The zero-order chi connectivity index (χ0) is 14.0. The summed E-state index contributed by atoms with van der Waals surface area (Å²) in [6.07, 6.45) is 3.13. The molecule has 0 saturated carbocycles. The third kappa shape index (κ3) is 6.74. The highest BCUT2D eigenvalue weighted by atomic mass is 16.5. The second kappa shape index (κ2) is 10.1. The summed E-state index contributed by atoms with van der Waals surface area (Å²) < 4.78 is 4.99. The van der Waals surface area contributed by atoms with E-state index in [1.807, 2.05) is 13.8 Å². The molecule has 2 unspecified atom stereocenters. The Morgan fingerprint density at radius 2 is 1.89 bits per heavy atom. The van der Waals surface area contributed by atoms with E-state index >= 15 is 0 Å². The van der Waals surface area contributed by atoms with Crippen LogP contribution in [0.15, 0.2) is 0 Å². The van der Waals surface area contributed by atoms with Crippen LogP contribution in [0.4, 0.5) is 0 Å². The molecule has 0 spiro atoms. The summed E-state index contributed by atoms with van der Waals surface area (Å²) in [4.78, 5) is 23.4. The molecular weight excluding hydrogens is 232 g/mol. The molecule has 0 saturated heterocycles. The topological polar surface area (TPSA) is 63.6 Å². The van der Waals surface area contributed by atoms with E-state index in [1.165, 1.54) is 0 Å². The Hall–Kier alpha value is -0.900. The number of hydrogen-bond donors (Lipinski definition) is 1. The molecule has 4 heteroatoms. The molecule has 4 nitrogen and oxygen atoms in total. The molecule has 0 aliphatic heterocycles. The lowest BCUT2D eigenvalue weighted by molar-refractivity contribution is -0.148. The summed E-state index contributed by atoms with van der Waals surface area (Å²) in [5.74, 6) is -0.319. The molecule has 2 atom stereocenters. The van der Waals surface area contributed by atoms with Crippen LogP contribution in [0, 0.1) is 11.8 Å². The van der Waals surface area contributed by atoms with E-state index < -0.39 is 0 Å². The lowest BCUT2D eigenvalue weighted by Gasteiger charge is -2.17. The fourth-order valence-corrected chi connectivity index (χ4v) is 1.91. The molecule has 0 amide bonds. The smallest absolute Gasteiger partial charge is 0.308 e. The lowest BCUT2D eigenvalue weighted by atomic mass is 9.89. The lowest BCUT2D eigenvalue weighted by Crippen LogP contribution is -2.23. The highest BCUT2D eigenvalue weighted by Crippen LogP contribution is 2.19. The van der Waals surface area contributed by atoms with Gasteiger partial charge in [0.2, 0.25) is 0 Å². The number of unbranched alkanes of at least 4 members (excludes halogenated alkanes) is 1. The average Bonchev–Trinajstić information content (AvgIpc) is 2.35. The first-order valence-corrected chi connectivity index (χ1v) is 6.86. The Morgan fingerprint density at radius 1 is 1.22 bits per heavy atom. The number of hydrogen-bond acceptors (Lipinski definition) is 4. The molecule has 0 fully saturated rings. The van der Waals surface area contributed by atoms with Crippen LogP contribution in [0.1, 0.15) is 52.9 Å². The number of ether oxygens (including phenoxy) is 1. The highest BCUT2D eigenvalue weighted by molar-refractivity contribution is 5.81. The van der Waals surface area contributed by atoms with Crippen LogP contribution in [-0.2, 0) is 14.3 Å². The van der Waals surface area contributed by atoms with Crippen molar-refractivity contribution in [2.45, 2.75) is 52.9 Å². The number of Topliss-reactive ketones (excluding diaryl/α,β-unsaturated/α-hetero) is 1. The van der Waals surface area contributed by atoms with E-state index in [9.17, 15) is 9.59 Å². The van der Waals surface area contributed by atoms with Crippen molar-refractivity contribution < 1.29 is 19.4 Å². The van der Waals surface area contributed by atoms with Crippen LogP contribution in [0.2, 0.25) is 0 Å². The quantitative estimate of drug-likeness (QED) is 0.482. The summed E-state index contributed by atoms with van der Waals surface area (Å²) >= 11 is 0. The van der Waals surface area contributed by atoms with Crippen molar-refractivity contribution in [3.05, 3.63) is 0 Å². The van der Waals surface area contributed by atoms with Gasteiger partial charge in [0.25, 0.3) is 0 Å². The van der Waals surface area contributed by atoms with Gasteiger partial charge in [-0.15, -0.1) is 0 Å². The Morgan fingerprint density at radius 3 is 2.39 bits per heavy atom. The van der Waals surface area contributed by atoms with Crippen LogP contribution in [-0.4, -0.2) is 30.1 Å². The first-order chi connectivity index (χ1) is 8.56. The minimum absolute atomic E-state index is 0.113. The maximum absolute atomic E-state index is 11.8. The molecule has 0 radical (unpaired) electrons. The molecule has 0 bridgehead atoms. The number of carbonyl (C=O) groups excluding carboxylic acids is 2. The van der Waals surface area contributed by atoms with Gasteiger partial charge < -0.3 is 9.84 Å². The number of esters is 1. The highest BCUT2D eigenvalue weighted by Gasteiger charge is 2.23. The van der Waals surface area contributed by atoms with Crippen LogP contribution < -0.4 is 0 Å². The van der Waals surface area contributed by atoms with Gasteiger partial charge in [0.05, 0.1) is 12.5 Å². The van der Waals surface area contributed by atoms with Crippen LogP contribution >= 0.6 is 0 Å². The predicted molar refractivity (Wildman–Crippen MR) is 70.1 cm³/mol. The Labute approximate surface area is 110 Å². The maximum atomic E-state index is 11.8. The van der Waals surface area contributed by atoms with E-state index in [1.54, 1.807) is 6.92 Å². The first-order valence-electron chi connectivity index (χ1n) is 6.86. The number of carbonyl (C=O) groups is 2. The van der Waals surface area contributed by atoms with Gasteiger partial charge >= 0.3 is 5.97 Å². The van der Waals surface area contributed by atoms with E-state index in [0.717, 1.165) is 6.42 Å². The second-order valence-electron chi connectivity index (χ2n) is 4.64. The molecule has 1 N–H and O–H groups in total. The predicted octanol–water partition coefficient (Wildman–Crippen LogP) is 2.33. The normalized spacial score (nSPS) is 14.0. The number of rotatable bonds is 10. The molecule has 18 heavy (non-hydrogen) atoms. The van der Waals surface area contributed by atoms with Gasteiger partial charge in [-0.25, -0.2) is 0 Å². The largest absolute Gasteiger partial charge is 0.466 e. The first kappa shape index (κ1) is 17.1. The molecule has 0 heterocycles. The Bertz CT molecular complexity index is 250. The van der Waals surface area contributed by atoms with Crippen LogP contribution in [0.25, 0.3) is 0 Å². The monoisotopic (exact) mass is 258 g/mol. The van der Waals surface area contributed by atoms with Crippen LogP contribution in [0.5, 0.6) is 0 Å².